The Bertz CT molecular complexity index is 815. The molecular formula is C17H16F3NO2S. The highest BCUT2D eigenvalue weighted by Crippen LogP contribution is 2.42. The summed E-state index contributed by atoms with van der Waals surface area (Å²) >= 11 is 0. The highest BCUT2D eigenvalue weighted by molar-refractivity contribution is 7.89. The summed E-state index contributed by atoms with van der Waals surface area (Å²) in [6, 6.07) is 12.6. The van der Waals surface area contributed by atoms with Crippen LogP contribution in [0, 0.1) is 5.92 Å². The normalized spacial score (nSPS) is 16.8. The van der Waals surface area contributed by atoms with Crippen molar-refractivity contribution in [3.8, 4) is 0 Å². The van der Waals surface area contributed by atoms with Gasteiger partial charge in [-0.3, -0.25) is 0 Å². The van der Waals surface area contributed by atoms with E-state index in [4.69, 9.17) is 0 Å². The van der Waals surface area contributed by atoms with Crippen molar-refractivity contribution in [2.24, 2.45) is 5.92 Å². The fourth-order valence-electron chi connectivity index (χ4n) is 2.69. The van der Waals surface area contributed by atoms with Gasteiger partial charge in [0.25, 0.3) is 0 Å². The van der Waals surface area contributed by atoms with Gasteiger partial charge in [-0.05, 0) is 36.5 Å². The molecule has 7 heteroatoms. The van der Waals surface area contributed by atoms with Gasteiger partial charge in [0.05, 0.1) is 10.5 Å². The Morgan fingerprint density at radius 2 is 1.54 bits per heavy atom. The Hall–Kier alpha value is -1.86. The fourth-order valence-corrected chi connectivity index (χ4v) is 4.21. The van der Waals surface area contributed by atoms with Crippen molar-refractivity contribution in [2.75, 3.05) is 0 Å². The van der Waals surface area contributed by atoms with Gasteiger partial charge in [0.1, 0.15) is 0 Å². The summed E-state index contributed by atoms with van der Waals surface area (Å²) < 4.78 is 67.0. The Labute approximate surface area is 138 Å². The SMILES string of the molecule is O=S(=O)(N[C@H](c1ccccc1)C1CC1)c1ccccc1C(F)(F)F. The molecule has 0 aromatic heterocycles. The molecule has 0 heterocycles. The van der Waals surface area contributed by atoms with Crippen molar-refractivity contribution in [1.29, 1.82) is 0 Å². The van der Waals surface area contributed by atoms with E-state index in [1.54, 1.807) is 30.3 Å². The van der Waals surface area contributed by atoms with E-state index in [0.29, 0.717) is 0 Å². The van der Waals surface area contributed by atoms with Gasteiger partial charge in [0, 0.05) is 6.04 Å². The molecule has 0 bridgehead atoms. The Morgan fingerprint density at radius 1 is 0.958 bits per heavy atom. The van der Waals surface area contributed by atoms with E-state index in [2.05, 4.69) is 4.72 Å². The van der Waals surface area contributed by atoms with Gasteiger partial charge in [0.15, 0.2) is 0 Å². The quantitative estimate of drug-likeness (QED) is 0.876. The molecule has 1 N–H and O–H groups in total. The van der Waals surface area contributed by atoms with Crippen LogP contribution in [0.2, 0.25) is 0 Å². The number of sulfonamides is 1. The predicted octanol–water partition coefficient (Wildman–Crippen LogP) is 4.14. The topological polar surface area (TPSA) is 46.2 Å². The summed E-state index contributed by atoms with van der Waals surface area (Å²) in [7, 11) is -4.30. The van der Waals surface area contributed by atoms with E-state index in [-0.39, 0.29) is 5.92 Å². The van der Waals surface area contributed by atoms with Crippen LogP contribution in [0.3, 0.4) is 0 Å². The minimum Gasteiger partial charge on any atom is -0.207 e. The molecule has 1 saturated carbocycles. The monoisotopic (exact) mass is 355 g/mol. The van der Waals surface area contributed by atoms with Gasteiger partial charge in [-0.25, -0.2) is 13.1 Å². The van der Waals surface area contributed by atoms with E-state index in [1.807, 2.05) is 0 Å². The number of hydrogen-bond donors (Lipinski definition) is 1. The van der Waals surface area contributed by atoms with Crippen LogP contribution in [0.4, 0.5) is 13.2 Å². The van der Waals surface area contributed by atoms with Crippen LogP contribution in [-0.2, 0) is 16.2 Å². The number of nitrogens with one attached hydrogen (secondary N) is 1. The summed E-state index contributed by atoms with van der Waals surface area (Å²) in [5, 5.41) is 0. The van der Waals surface area contributed by atoms with Gasteiger partial charge in [-0.1, -0.05) is 42.5 Å². The lowest BCUT2D eigenvalue weighted by Gasteiger charge is -2.20. The van der Waals surface area contributed by atoms with Crippen LogP contribution < -0.4 is 4.72 Å². The average molecular weight is 355 g/mol. The number of benzene rings is 2. The highest BCUT2D eigenvalue weighted by atomic mass is 32.2. The van der Waals surface area contributed by atoms with Gasteiger partial charge in [-0.15, -0.1) is 0 Å². The molecule has 1 aliphatic rings. The minimum atomic E-state index is -4.73. The van der Waals surface area contributed by atoms with Gasteiger partial charge < -0.3 is 0 Å². The maximum Gasteiger partial charge on any atom is 0.417 e. The van der Waals surface area contributed by atoms with Crippen LogP contribution in [0.15, 0.2) is 59.5 Å². The molecule has 1 aliphatic carbocycles. The van der Waals surface area contributed by atoms with E-state index in [9.17, 15) is 21.6 Å². The van der Waals surface area contributed by atoms with Crippen LogP contribution >= 0.6 is 0 Å². The average Bonchev–Trinajstić information content (AvgIpc) is 3.37. The summed E-state index contributed by atoms with van der Waals surface area (Å²) in [5.41, 5.74) is -0.395. The molecule has 0 radical (unpaired) electrons. The molecular weight excluding hydrogens is 339 g/mol. The molecule has 128 valence electrons. The largest absolute Gasteiger partial charge is 0.417 e. The van der Waals surface area contributed by atoms with Crippen LogP contribution in [0.5, 0.6) is 0 Å². The zero-order valence-corrected chi connectivity index (χ0v) is 13.4. The zero-order valence-electron chi connectivity index (χ0n) is 12.6. The maximum atomic E-state index is 13.1. The molecule has 0 unspecified atom stereocenters. The molecule has 0 amide bonds. The van der Waals surface area contributed by atoms with Crippen molar-refractivity contribution < 1.29 is 21.6 Å². The van der Waals surface area contributed by atoms with E-state index >= 15 is 0 Å². The lowest BCUT2D eigenvalue weighted by Crippen LogP contribution is -2.31. The second-order valence-corrected chi connectivity index (χ2v) is 7.52. The maximum absolute atomic E-state index is 13.1. The first-order valence-electron chi connectivity index (χ1n) is 7.52. The van der Waals surface area contributed by atoms with Crippen molar-refractivity contribution in [3.63, 3.8) is 0 Å². The predicted molar refractivity (Wildman–Crippen MR) is 83.7 cm³/mol. The fraction of sp³-hybridized carbons (Fsp3) is 0.294. The molecule has 2 aromatic rings. The van der Waals surface area contributed by atoms with Crippen molar-refractivity contribution >= 4 is 10.0 Å². The molecule has 3 nitrogen and oxygen atoms in total. The standard InChI is InChI=1S/C17H16F3NO2S/c18-17(19,20)14-8-4-5-9-15(14)24(22,23)21-16(13-10-11-13)12-6-2-1-3-7-12/h1-9,13,16,21H,10-11H2/t16-/m1/s1. The van der Waals surface area contributed by atoms with Crippen LogP contribution in [-0.4, -0.2) is 8.42 Å². The molecule has 2 aromatic carbocycles. The third-order valence-electron chi connectivity index (χ3n) is 4.02. The Kier molecular flexibility index (Phi) is 4.40. The molecule has 0 saturated heterocycles. The Balaban J connectivity index is 1.97. The Morgan fingerprint density at radius 3 is 2.12 bits per heavy atom. The van der Waals surface area contributed by atoms with Gasteiger partial charge >= 0.3 is 6.18 Å². The smallest absolute Gasteiger partial charge is 0.207 e. The first-order valence-corrected chi connectivity index (χ1v) is 9.01. The zero-order chi connectivity index (χ0) is 17.4. The molecule has 0 spiro atoms. The third kappa shape index (κ3) is 3.62. The van der Waals surface area contributed by atoms with E-state index in [0.717, 1.165) is 30.5 Å². The summed E-state index contributed by atoms with van der Waals surface area (Å²) in [4.78, 5) is -0.737. The summed E-state index contributed by atoms with van der Waals surface area (Å²) in [5.74, 6) is 0.111. The number of alkyl halides is 3. The number of rotatable bonds is 5. The molecule has 3 rings (SSSR count). The summed E-state index contributed by atoms with van der Waals surface area (Å²) in [6.07, 6.45) is -3.03. The van der Waals surface area contributed by atoms with Crippen molar-refractivity contribution in [2.45, 2.75) is 30.0 Å². The summed E-state index contributed by atoms with van der Waals surface area (Å²) in [6.45, 7) is 0. The second-order valence-electron chi connectivity index (χ2n) is 5.84. The molecule has 1 atom stereocenters. The first-order chi connectivity index (χ1) is 11.3. The lowest BCUT2D eigenvalue weighted by molar-refractivity contribution is -0.139. The van der Waals surface area contributed by atoms with Crippen molar-refractivity contribution in [1.82, 2.24) is 4.72 Å². The van der Waals surface area contributed by atoms with Crippen molar-refractivity contribution in [3.05, 3.63) is 65.7 Å². The van der Waals surface area contributed by atoms with Crippen LogP contribution in [0.1, 0.15) is 30.0 Å². The third-order valence-corrected chi connectivity index (χ3v) is 5.52. The first kappa shape index (κ1) is 17.0. The highest BCUT2D eigenvalue weighted by Gasteiger charge is 2.40. The molecule has 1 fully saturated rings. The molecule has 24 heavy (non-hydrogen) atoms. The number of hydrogen-bond acceptors (Lipinski definition) is 2. The minimum absolute atomic E-state index is 0.111. The van der Waals surface area contributed by atoms with Crippen LogP contribution in [0.25, 0.3) is 0 Å². The van der Waals surface area contributed by atoms with Gasteiger partial charge in [-0.2, -0.15) is 13.2 Å². The van der Waals surface area contributed by atoms with Gasteiger partial charge in [0.2, 0.25) is 10.0 Å². The number of halogens is 3. The van der Waals surface area contributed by atoms with E-state index in [1.165, 1.54) is 12.1 Å². The molecule has 0 aliphatic heterocycles. The lowest BCUT2D eigenvalue weighted by atomic mass is 10.0. The second kappa shape index (κ2) is 6.22. The van der Waals surface area contributed by atoms with E-state index < -0.39 is 32.7 Å².